The van der Waals surface area contributed by atoms with Gasteiger partial charge in [-0.3, -0.25) is 14.7 Å². The Morgan fingerprint density at radius 1 is 1.11 bits per heavy atom. The van der Waals surface area contributed by atoms with Crippen molar-refractivity contribution in [3.8, 4) is 22.9 Å². The molecule has 2 N–H and O–H groups in total. The fourth-order valence-electron chi connectivity index (χ4n) is 10.4. The average Bonchev–Trinajstić information content (AvgIpc) is 3.98. The van der Waals surface area contributed by atoms with Crippen LogP contribution in [0.4, 0.5) is 20.6 Å². The van der Waals surface area contributed by atoms with Crippen LogP contribution >= 0.6 is 11.6 Å². The number of pyridine rings is 2. The number of carbonyl (C=O) groups is 2. The molecule has 2 bridgehead atoms. The number of likely N-dealkylation sites (N-methyl/N-ethyl adjacent to an activating group) is 1. The van der Waals surface area contributed by atoms with Gasteiger partial charge < -0.3 is 34.6 Å². The molecule has 2 aromatic carbocycles. The normalized spacial score (nSPS) is 27.5. The summed E-state index contributed by atoms with van der Waals surface area (Å²) in [5, 5.41) is 16.4. The first-order valence-electron chi connectivity index (χ1n) is 19.3. The van der Waals surface area contributed by atoms with E-state index in [1.165, 1.54) is 6.07 Å². The van der Waals surface area contributed by atoms with Crippen LogP contribution in [0, 0.1) is 5.82 Å². The fraction of sp³-hybridized carbons (Fsp3) is 0.500. The van der Waals surface area contributed by atoms with Crippen molar-refractivity contribution >= 4 is 56.7 Å². The van der Waals surface area contributed by atoms with Gasteiger partial charge in [-0.25, -0.2) is 14.2 Å². The number of hydrogen-bond donors (Lipinski definition) is 2. The lowest BCUT2D eigenvalue weighted by molar-refractivity contribution is -0.120. The number of aromatic hydroxyl groups is 1. The summed E-state index contributed by atoms with van der Waals surface area (Å²) in [5.41, 5.74) is 1.33. The predicted molar refractivity (Wildman–Crippen MR) is 203 cm³/mol. The van der Waals surface area contributed by atoms with Gasteiger partial charge in [0.2, 0.25) is 5.88 Å². The van der Waals surface area contributed by atoms with Crippen LogP contribution in [0.3, 0.4) is 0 Å². The van der Waals surface area contributed by atoms with E-state index in [1.54, 1.807) is 41.2 Å². The highest BCUT2D eigenvalue weighted by Gasteiger charge is 2.52. The minimum atomic E-state index is -0.664. The second-order valence-electron chi connectivity index (χ2n) is 15.9. The molecule has 6 aliphatic heterocycles. The van der Waals surface area contributed by atoms with Crippen LogP contribution in [-0.2, 0) is 9.53 Å². The van der Waals surface area contributed by atoms with Gasteiger partial charge in [0.15, 0.2) is 5.82 Å². The number of halogens is 2. The number of likely N-dealkylation sites (tertiary alicyclic amines) is 1. The summed E-state index contributed by atoms with van der Waals surface area (Å²) >= 11 is 6.67. The number of phenols is 1. The molecule has 54 heavy (non-hydrogen) atoms. The first-order valence-corrected chi connectivity index (χ1v) is 19.6. The number of ether oxygens (including phenoxy) is 2. The number of hydrogen-bond acceptors (Lipinski definition) is 10. The van der Waals surface area contributed by atoms with E-state index < -0.39 is 11.9 Å². The van der Waals surface area contributed by atoms with E-state index in [2.05, 4.69) is 20.1 Å². The summed E-state index contributed by atoms with van der Waals surface area (Å²) < 4.78 is 29.9. The van der Waals surface area contributed by atoms with Crippen molar-refractivity contribution in [1.29, 1.82) is 0 Å². The minimum Gasteiger partial charge on any atom is -0.508 e. The van der Waals surface area contributed by atoms with Crippen molar-refractivity contribution in [1.82, 2.24) is 25.1 Å². The maximum atomic E-state index is 17.3. The zero-order valence-electron chi connectivity index (χ0n) is 30.2. The standard InChI is InChI=1S/C40H43ClFN7O5/c1-46-36-34(48-19-23-8-9-29(44-23)35(48)38(46)51)27-18-43-32(26-17-25(50)16-22-6-4-7-28(41)30(22)26)31(42)33(27)45-37(36)54-21-40-11-5-15-49(40)24(10-12-40)20-53-39(52)47-13-2-3-14-47/h4,6-7,16-18,23-24,29,35,44,50H,2-3,5,8-15,19-21H2,1H3. The molecule has 5 unspecified atom stereocenters. The fourth-order valence-corrected chi connectivity index (χ4v) is 10.7. The molecule has 0 spiro atoms. The molecular formula is C40H43ClFN7O5. The summed E-state index contributed by atoms with van der Waals surface area (Å²) in [6.07, 6.45) is 8.86. The molecule has 5 atom stereocenters. The van der Waals surface area contributed by atoms with Gasteiger partial charge in [-0.2, -0.15) is 0 Å². The summed E-state index contributed by atoms with van der Waals surface area (Å²) in [4.78, 5) is 44.5. The van der Waals surface area contributed by atoms with Gasteiger partial charge in [0.1, 0.15) is 41.9 Å². The van der Waals surface area contributed by atoms with E-state index in [0.717, 1.165) is 71.0 Å². The van der Waals surface area contributed by atoms with E-state index in [0.29, 0.717) is 57.9 Å². The molecule has 14 heteroatoms. The average molecular weight is 756 g/mol. The van der Waals surface area contributed by atoms with Crippen LogP contribution in [0.1, 0.15) is 51.4 Å². The largest absolute Gasteiger partial charge is 0.508 e. The monoisotopic (exact) mass is 755 g/mol. The zero-order valence-corrected chi connectivity index (χ0v) is 30.9. The Morgan fingerprint density at radius 3 is 2.81 bits per heavy atom. The Bertz CT molecular complexity index is 2220. The number of amides is 2. The number of nitrogens with zero attached hydrogens (tertiary/aromatic N) is 6. The third-order valence-corrected chi connectivity index (χ3v) is 13.3. The highest BCUT2D eigenvalue weighted by molar-refractivity contribution is 6.36. The zero-order chi connectivity index (χ0) is 36.9. The number of carbonyl (C=O) groups excluding carboxylic acids is 2. The Morgan fingerprint density at radius 2 is 1.96 bits per heavy atom. The molecular weight excluding hydrogens is 713 g/mol. The van der Waals surface area contributed by atoms with Crippen molar-refractivity contribution in [3.63, 3.8) is 0 Å². The number of nitrogens with one attached hydrogen (secondary N) is 1. The number of rotatable bonds is 6. The van der Waals surface area contributed by atoms with Crippen molar-refractivity contribution in [2.24, 2.45) is 0 Å². The highest BCUT2D eigenvalue weighted by atomic mass is 35.5. The number of phenolic OH excluding ortho intramolecular Hbond substituents is 1. The van der Waals surface area contributed by atoms with Crippen LogP contribution in [0.5, 0.6) is 11.6 Å². The van der Waals surface area contributed by atoms with Gasteiger partial charge in [-0.1, -0.05) is 23.7 Å². The molecule has 0 saturated carbocycles. The van der Waals surface area contributed by atoms with Gasteiger partial charge in [0.05, 0.1) is 11.2 Å². The molecule has 12 nitrogen and oxygen atoms in total. The molecule has 2 aromatic heterocycles. The number of benzene rings is 2. The molecule has 5 fully saturated rings. The summed E-state index contributed by atoms with van der Waals surface area (Å²) in [7, 11) is 1.75. The Labute approximate surface area is 317 Å². The molecule has 5 saturated heterocycles. The first kappa shape index (κ1) is 34.1. The molecule has 10 rings (SSSR count). The third-order valence-electron chi connectivity index (χ3n) is 12.9. The molecule has 8 heterocycles. The predicted octanol–water partition coefficient (Wildman–Crippen LogP) is 5.84. The molecule has 6 aliphatic rings. The summed E-state index contributed by atoms with van der Waals surface area (Å²) in [6.45, 7) is 3.57. The van der Waals surface area contributed by atoms with Crippen LogP contribution in [-0.4, -0.2) is 113 Å². The lowest BCUT2D eigenvalue weighted by Gasteiger charge is -2.48. The number of fused-ring (bicyclic) bond motifs is 10. The molecule has 4 aromatic rings. The van der Waals surface area contributed by atoms with E-state index >= 15 is 4.39 Å². The summed E-state index contributed by atoms with van der Waals surface area (Å²) in [6, 6.07) is 8.18. The van der Waals surface area contributed by atoms with Gasteiger partial charge in [0, 0.05) is 72.4 Å². The molecule has 2 amide bonds. The van der Waals surface area contributed by atoms with E-state index in [9.17, 15) is 14.7 Å². The van der Waals surface area contributed by atoms with E-state index in [1.807, 2.05) is 6.07 Å². The second kappa shape index (κ2) is 12.8. The number of piperazine rings is 1. The molecule has 0 radical (unpaired) electrons. The number of anilines is 2. The molecule has 0 aliphatic carbocycles. The lowest BCUT2D eigenvalue weighted by Crippen LogP contribution is -2.66. The summed E-state index contributed by atoms with van der Waals surface area (Å²) in [5.74, 6) is -0.567. The van der Waals surface area contributed by atoms with E-state index in [4.69, 9.17) is 26.1 Å². The Hall–Kier alpha value is -4.46. The van der Waals surface area contributed by atoms with Gasteiger partial charge >= 0.3 is 6.09 Å². The van der Waals surface area contributed by atoms with Crippen molar-refractivity contribution in [2.45, 2.75) is 81.1 Å². The topological polar surface area (TPSA) is 124 Å². The Kier molecular flexibility index (Phi) is 8.08. The smallest absolute Gasteiger partial charge is 0.409 e. The van der Waals surface area contributed by atoms with Gasteiger partial charge in [-0.05, 0) is 81.5 Å². The molecule has 282 valence electrons. The lowest BCUT2D eigenvalue weighted by atomic mass is 9.95. The minimum absolute atomic E-state index is 0.00902. The first-order chi connectivity index (χ1) is 26.2. The van der Waals surface area contributed by atoms with Crippen LogP contribution < -0.4 is 19.9 Å². The van der Waals surface area contributed by atoms with Crippen LogP contribution in [0.25, 0.3) is 32.9 Å². The van der Waals surface area contributed by atoms with E-state index in [-0.39, 0.29) is 58.5 Å². The Balaban J connectivity index is 1.06. The van der Waals surface area contributed by atoms with Gasteiger partial charge in [-0.15, -0.1) is 0 Å². The number of aromatic nitrogens is 2. The van der Waals surface area contributed by atoms with Crippen molar-refractivity contribution in [3.05, 3.63) is 47.4 Å². The second-order valence-corrected chi connectivity index (χ2v) is 16.4. The quantitative estimate of drug-likeness (QED) is 0.248. The van der Waals surface area contributed by atoms with Crippen LogP contribution in [0.2, 0.25) is 5.02 Å². The van der Waals surface area contributed by atoms with Crippen molar-refractivity contribution < 1.29 is 28.6 Å². The maximum absolute atomic E-state index is 17.3. The maximum Gasteiger partial charge on any atom is 0.409 e. The SMILES string of the molecule is CN1C(=O)C2C3CCC(CN2c2c1c(OCC14CCCN1C(COC(=O)N1CCCC1)CC4)nc1c(F)c(-c4cc(O)cc5cccc(Cl)c45)ncc21)N3. The van der Waals surface area contributed by atoms with Gasteiger partial charge in [0.25, 0.3) is 5.91 Å². The van der Waals surface area contributed by atoms with Crippen molar-refractivity contribution in [2.75, 3.05) is 56.2 Å². The van der Waals surface area contributed by atoms with Crippen LogP contribution in [0.15, 0.2) is 36.5 Å². The highest BCUT2D eigenvalue weighted by Crippen LogP contribution is 2.51. The third kappa shape index (κ3) is 5.21.